The molecule has 0 bridgehead atoms. The van der Waals surface area contributed by atoms with Crippen molar-refractivity contribution in [2.75, 3.05) is 0 Å². The highest BCUT2D eigenvalue weighted by molar-refractivity contribution is 6.70. The lowest BCUT2D eigenvalue weighted by Gasteiger charge is -2.20. The van der Waals surface area contributed by atoms with Gasteiger partial charge in [-0.2, -0.15) is 0 Å². The molecule has 0 saturated heterocycles. The van der Waals surface area contributed by atoms with Crippen molar-refractivity contribution >= 4 is 14.6 Å². The first-order chi connectivity index (χ1) is 6.42. The molecule has 1 aromatic rings. The smallest absolute Gasteiger partial charge is 0.242 e. The molecule has 3 heteroatoms. The van der Waals surface area contributed by atoms with E-state index in [-0.39, 0.29) is 0 Å². The van der Waals surface area contributed by atoms with Crippen LogP contribution in [0.3, 0.4) is 0 Å². The molecule has 0 aliphatic carbocycles. The van der Waals surface area contributed by atoms with E-state index in [9.17, 15) is 4.79 Å². The van der Waals surface area contributed by atoms with E-state index in [1.165, 1.54) is 0 Å². The Bertz CT molecular complexity index is 340. The summed E-state index contributed by atoms with van der Waals surface area (Å²) in [5, 5.41) is 0. The van der Waals surface area contributed by atoms with Gasteiger partial charge in [0, 0.05) is 5.56 Å². The molecule has 0 heterocycles. The average Bonchev–Trinajstić information content (AvgIpc) is 2.06. The van der Waals surface area contributed by atoms with Gasteiger partial charge >= 0.3 is 0 Å². The fraction of sp³-hybridized carbons (Fsp3) is 0.364. The van der Waals surface area contributed by atoms with E-state index >= 15 is 0 Å². The fourth-order valence-electron chi connectivity index (χ4n) is 1.13. The molecule has 0 aliphatic rings. The van der Waals surface area contributed by atoms with Crippen molar-refractivity contribution in [3.63, 3.8) is 0 Å². The molecule has 2 nitrogen and oxygen atoms in total. The van der Waals surface area contributed by atoms with Gasteiger partial charge in [0.05, 0.1) is 0 Å². The lowest BCUT2D eigenvalue weighted by molar-refractivity contribution is 0.112. The van der Waals surface area contributed by atoms with Gasteiger partial charge < -0.3 is 4.43 Å². The largest absolute Gasteiger partial charge is 0.544 e. The Morgan fingerprint density at radius 2 is 1.93 bits per heavy atom. The van der Waals surface area contributed by atoms with Gasteiger partial charge in [-0.25, -0.2) is 0 Å². The first-order valence-corrected chi connectivity index (χ1v) is 8.08. The van der Waals surface area contributed by atoms with Gasteiger partial charge in [-0.3, -0.25) is 4.79 Å². The van der Waals surface area contributed by atoms with Gasteiger partial charge in [0.15, 0.2) is 0 Å². The molecule has 0 spiro atoms. The lowest BCUT2D eigenvalue weighted by Crippen LogP contribution is -2.29. The minimum absolute atomic E-state index is 0.670. The minimum Gasteiger partial charge on any atom is -0.544 e. The maximum atomic E-state index is 10.6. The average molecular weight is 208 g/mol. The summed E-state index contributed by atoms with van der Waals surface area (Å²) < 4.78 is 5.85. The highest BCUT2D eigenvalue weighted by Gasteiger charge is 2.17. The molecule has 0 fully saturated rings. The summed E-state index contributed by atoms with van der Waals surface area (Å²) in [6.45, 7) is 8.37. The predicted octanol–water partition coefficient (Wildman–Crippen LogP) is 3.02. The van der Waals surface area contributed by atoms with E-state index in [2.05, 4.69) is 19.6 Å². The summed E-state index contributed by atoms with van der Waals surface area (Å²) in [5.74, 6) is 0.841. The molecule has 0 aliphatic heterocycles. The third kappa shape index (κ3) is 2.99. The van der Waals surface area contributed by atoms with Crippen molar-refractivity contribution in [1.82, 2.24) is 0 Å². The van der Waals surface area contributed by atoms with E-state index in [0.717, 1.165) is 17.6 Å². The van der Waals surface area contributed by atoms with Crippen molar-refractivity contribution < 1.29 is 9.22 Å². The molecule has 1 aromatic carbocycles. The molecular formula is C11H16O2Si. The molecule has 0 radical (unpaired) electrons. The second-order valence-electron chi connectivity index (χ2n) is 4.36. The number of carbonyl (C=O) groups is 1. The molecule has 14 heavy (non-hydrogen) atoms. The van der Waals surface area contributed by atoms with Gasteiger partial charge in [-0.1, -0.05) is 12.1 Å². The van der Waals surface area contributed by atoms with Crippen molar-refractivity contribution in [2.24, 2.45) is 0 Å². The van der Waals surface area contributed by atoms with E-state index in [1.807, 2.05) is 13.0 Å². The van der Waals surface area contributed by atoms with Gasteiger partial charge in [-0.15, -0.1) is 0 Å². The van der Waals surface area contributed by atoms with Crippen molar-refractivity contribution in [3.8, 4) is 5.75 Å². The number of carbonyl (C=O) groups excluding carboxylic acids is 1. The second kappa shape index (κ2) is 3.96. The highest BCUT2D eigenvalue weighted by atomic mass is 28.4. The van der Waals surface area contributed by atoms with E-state index in [1.54, 1.807) is 12.1 Å². The Labute approximate surface area is 86.0 Å². The molecule has 0 saturated carbocycles. The standard InChI is InChI=1S/C11H16O2Si/c1-9-5-6-10(8-12)7-11(9)13-14(2,3)4/h5-8H,1-4H3. The maximum absolute atomic E-state index is 10.6. The Morgan fingerprint density at radius 1 is 1.29 bits per heavy atom. The highest BCUT2D eigenvalue weighted by Crippen LogP contribution is 2.22. The van der Waals surface area contributed by atoms with E-state index in [4.69, 9.17) is 4.43 Å². The second-order valence-corrected chi connectivity index (χ2v) is 8.79. The van der Waals surface area contributed by atoms with Crippen LogP contribution in [0.2, 0.25) is 19.6 Å². The van der Waals surface area contributed by atoms with Crippen LogP contribution in [-0.2, 0) is 0 Å². The monoisotopic (exact) mass is 208 g/mol. The lowest BCUT2D eigenvalue weighted by atomic mass is 10.1. The number of aldehydes is 1. The normalized spacial score (nSPS) is 11.1. The molecule has 0 amide bonds. The SMILES string of the molecule is Cc1ccc(C=O)cc1O[Si](C)(C)C. The van der Waals surface area contributed by atoms with Crippen LogP contribution >= 0.6 is 0 Å². The van der Waals surface area contributed by atoms with Crippen LogP contribution in [0.5, 0.6) is 5.75 Å². The van der Waals surface area contributed by atoms with Gasteiger partial charge in [0.1, 0.15) is 12.0 Å². The molecular weight excluding hydrogens is 192 g/mol. The number of benzene rings is 1. The first kappa shape index (κ1) is 11.0. The zero-order valence-electron chi connectivity index (χ0n) is 9.13. The van der Waals surface area contributed by atoms with Gasteiger partial charge in [-0.05, 0) is 38.2 Å². The Balaban J connectivity index is 3.01. The molecule has 1 rings (SSSR count). The molecule has 76 valence electrons. The summed E-state index contributed by atoms with van der Waals surface area (Å²) in [5.41, 5.74) is 1.75. The molecule has 0 aromatic heterocycles. The third-order valence-corrected chi connectivity index (χ3v) is 2.60. The van der Waals surface area contributed by atoms with Crippen molar-refractivity contribution in [1.29, 1.82) is 0 Å². The Hall–Kier alpha value is -1.09. The summed E-state index contributed by atoms with van der Waals surface area (Å²) in [6, 6.07) is 5.53. The number of hydrogen-bond donors (Lipinski definition) is 0. The van der Waals surface area contributed by atoms with E-state index in [0.29, 0.717) is 5.56 Å². The van der Waals surface area contributed by atoms with Crippen LogP contribution in [-0.4, -0.2) is 14.6 Å². The summed E-state index contributed by atoms with van der Waals surface area (Å²) in [7, 11) is -1.58. The molecule has 0 atom stereocenters. The Kier molecular flexibility index (Phi) is 3.11. The zero-order chi connectivity index (χ0) is 10.8. The van der Waals surface area contributed by atoms with E-state index < -0.39 is 8.32 Å². The summed E-state index contributed by atoms with van der Waals surface area (Å²) >= 11 is 0. The minimum atomic E-state index is -1.58. The number of aryl methyl sites for hydroxylation is 1. The molecule has 0 unspecified atom stereocenters. The van der Waals surface area contributed by atoms with Crippen LogP contribution in [0, 0.1) is 6.92 Å². The topological polar surface area (TPSA) is 26.3 Å². The quantitative estimate of drug-likeness (QED) is 0.564. The fourth-order valence-corrected chi connectivity index (χ4v) is 2.01. The van der Waals surface area contributed by atoms with Gasteiger partial charge in [0.2, 0.25) is 8.32 Å². The van der Waals surface area contributed by atoms with Crippen LogP contribution in [0.25, 0.3) is 0 Å². The molecule has 0 N–H and O–H groups in total. The number of rotatable bonds is 3. The maximum Gasteiger partial charge on any atom is 0.242 e. The Morgan fingerprint density at radius 3 is 2.43 bits per heavy atom. The van der Waals surface area contributed by atoms with Crippen molar-refractivity contribution in [2.45, 2.75) is 26.6 Å². The van der Waals surface area contributed by atoms with Crippen molar-refractivity contribution in [3.05, 3.63) is 29.3 Å². The van der Waals surface area contributed by atoms with Crippen LogP contribution < -0.4 is 4.43 Å². The van der Waals surface area contributed by atoms with Gasteiger partial charge in [0.25, 0.3) is 0 Å². The summed E-state index contributed by atoms with van der Waals surface area (Å²) in [6.07, 6.45) is 0.844. The van der Waals surface area contributed by atoms with Crippen LogP contribution in [0.15, 0.2) is 18.2 Å². The third-order valence-electron chi connectivity index (χ3n) is 1.76. The zero-order valence-corrected chi connectivity index (χ0v) is 10.1. The first-order valence-electron chi connectivity index (χ1n) is 4.67. The number of hydrogen-bond acceptors (Lipinski definition) is 2. The summed E-state index contributed by atoms with van der Waals surface area (Å²) in [4.78, 5) is 10.6. The van der Waals surface area contributed by atoms with Crippen LogP contribution in [0.4, 0.5) is 0 Å². The van der Waals surface area contributed by atoms with Crippen LogP contribution in [0.1, 0.15) is 15.9 Å². The predicted molar refractivity (Wildman–Crippen MR) is 60.5 cm³/mol.